The number of carbonyl (C=O) groups excluding carboxylic acids is 1. The number of nitrogens with one attached hydrogen (secondary N) is 1. The molecule has 5 rings (SSSR count). The van der Waals surface area contributed by atoms with Gasteiger partial charge in [0.05, 0.1) is 21.9 Å². The molecular weight excluding hydrogens is 655 g/mol. The number of nitrogens with zero attached hydrogens (tertiary/aromatic N) is 5. The molecule has 2 heterocycles. The lowest BCUT2D eigenvalue weighted by Crippen LogP contribution is -2.46. The highest BCUT2D eigenvalue weighted by atomic mass is 35.5. The number of halogens is 2. The summed E-state index contributed by atoms with van der Waals surface area (Å²) in [5.41, 5.74) is 2.23. The molecule has 0 unspecified atom stereocenters. The number of rotatable bonds is 11. The van der Waals surface area contributed by atoms with Crippen LogP contribution in [-0.4, -0.2) is 73.3 Å². The van der Waals surface area contributed by atoms with Crippen LogP contribution < -0.4 is 14.4 Å². The Hall–Kier alpha value is -3.91. The van der Waals surface area contributed by atoms with Crippen molar-refractivity contribution in [3.05, 3.63) is 85.5 Å². The van der Waals surface area contributed by atoms with Gasteiger partial charge in [0.1, 0.15) is 11.4 Å². The molecule has 3 aromatic carbocycles. The van der Waals surface area contributed by atoms with Gasteiger partial charge in [-0.25, -0.2) is 13.1 Å². The molecule has 15 heteroatoms. The Labute approximate surface area is 277 Å². The van der Waals surface area contributed by atoms with Gasteiger partial charge in [0.25, 0.3) is 21.6 Å². The number of hydrogen-bond donors (Lipinski definition) is 1. The highest BCUT2D eigenvalue weighted by Crippen LogP contribution is 2.32. The molecule has 0 aliphatic carbocycles. The summed E-state index contributed by atoms with van der Waals surface area (Å²) in [6.45, 7) is 10.1. The normalized spacial score (nSPS) is 14.1. The first-order valence-corrected chi connectivity index (χ1v) is 17.0. The van der Waals surface area contributed by atoms with Crippen molar-refractivity contribution in [1.29, 1.82) is 0 Å². The van der Waals surface area contributed by atoms with E-state index in [1.807, 2.05) is 35.6 Å². The average molecular weight is 690 g/mol. The van der Waals surface area contributed by atoms with E-state index in [2.05, 4.69) is 16.9 Å². The van der Waals surface area contributed by atoms with Crippen LogP contribution in [0.2, 0.25) is 10.0 Å². The van der Waals surface area contributed by atoms with Crippen molar-refractivity contribution in [2.75, 3.05) is 44.2 Å². The summed E-state index contributed by atoms with van der Waals surface area (Å²) in [4.78, 5) is 28.4. The molecular formula is C31H34Cl2N6O6S. The molecule has 46 heavy (non-hydrogen) atoms. The third-order valence-corrected chi connectivity index (χ3v) is 10.1. The Bertz CT molecular complexity index is 1880. The van der Waals surface area contributed by atoms with Crippen LogP contribution in [0.25, 0.3) is 10.9 Å². The fourth-order valence-corrected chi connectivity index (χ4v) is 6.76. The summed E-state index contributed by atoms with van der Waals surface area (Å²) < 4.78 is 36.2. The minimum Gasteiger partial charge on any atom is -0.494 e. The number of hydrogen-bond acceptors (Lipinski definition) is 9. The molecule has 1 aromatic heterocycles. The zero-order valence-electron chi connectivity index (χ0n) is 25.6. The Kier molecular flexibility index (Phi) is 10.1. The van der Waals surface area contributed by atoms with Gasteiger partial charge in [-0.15, -0.1) is 0 Å². The molecule has 0 radical (unpaired) electrons. The van der Waals surface area contributed by atoms with Crippen LogP contribution >= 0.6 is 23.2 Å². The first kappa shape index (κ1) is 33.5. The zero-order valence-corrected chi connectivity index (χ0v) is 28.0. The molecule has 1 aliphatic heterocycles. The molecule has 1 N–H and O–H groups in total. The fourth-order valence-electron chi connectivity index (χ4n) is 5.50. The predicted molar refractivity (Wildman–Crippen MR) is 178 cm³/mol. The predicted octanol–water partition coefficient (Wildman–Crippen LogP) is 5.60. The SMILES string of the molecule is CCN1CCN(c2ccc(S(=O)(=O)NC(=O)c3nn(CCCOc4cc(C)c(Cl)c(C)c4)c4ccc(Cl)cc34)cc2[N+](=O)[O-])CC1. The van der Waals surface area contributed by atoms with E-state index in [0.29, 0.717) is 65.0 Å². The lowest BCUT2D eigenvalue weighted by atomic mass is 10.1. The number of likely N-dealkylation sites (N-methyl/N-ethyl adjacent to an activating group) is 1. The van der Waals surface area contributed by atoms with E-state index >= 15 is 0 Å². The quantitative estimate of drug-likeness (QED) is 0.121. The van der Waals surface area contributed by atoms with E-state index in [1.165, 1.54) is 18.2 Å². The molecule has 0 saturated carbocycles. The molecule has 244 valence electrons. The van der Waals surface area contributed by atoms with Crippen LogP contribution in [0.15, 0.2) is 53.4 Å². The molecule has 1 saturated heterocycles. The first-order valence-electron chi connectivity index (χ1n) is 14.8. The fraction of sp³-hybridized carbons (Fsp3) is 0.355. The Morgan fingerprint density at radius 1 is 1.04 bits per heavy atom. The molecule has 0 spiro atoms. The van der Waals surface area contributed by atoms with Crippen molar-refractivity contribution >= 4 is 61.4 Å². The number of fused-ring (bicyclic) bond motifs is 1. The largest absolute Gasteiger partial charge is 0.494 e. The Morgan fingerprint density at radius 3 is 2.39 bits per heavy atom. The minimum absolute atomic E-state index is 0.147. The standard InChI is InChI=1S/C31H34Cl2N6O6S/c1-4-36-11-13-37(14-12-36)27-9-7-24(19-28(27)39(41)42)46(43,44)35-31(40)30-25-18-22(32)6-8-26(25)38(34-30)10-5-15-45-23-16-20(2)29(33)21(3)17-23/h6-9,16-19H,4-5,10-15H2,1-3H3,(H,35,40). The van der Waals surface area contributed by atoms with Gasteiger partial charge in [0, 0.05) is 60.6 Å². The maximum Gasteiger partial charge on any atom is 0.293 e. The molecule has 1 fully saturated rings. The average Bonchev–Trinajstić information content (AvgIpc) is 3.39. The van der Waals surface area contributed by atoms with Crippen molar-refractivity contribution in [3.8, 4) is 5.75 Å². The second kappa shape index (κ2) is 13.8. The Morgan fingerprint density at radius 2 is 1.74 bits per heavy atom. The van der Waals surface area contributed by atoms with Gasteiger partial charge < -0.3 is 14.5 Å². The number of nitro benzene ring substituents is 1. The molecule has 0 bridgehead atoms. The van der Waals surface area contributed by atoms with Crippen LogP contribution in [0.4, 0.5) is 11.4 Å². The van der Waals surface area contributed by atoms with Gasteiger partial charge in [0.15, 0.2) is 5.69 Å². The summed E-state index contributed by atoms with van der Waals surface area (Å²) in [5.74, 6) is -0.300. The summed E-state index contributed by atoms with van der Waals surface area (Å²) >= 11 is 12.5. The summed E-state index contributed by atoms with van der Waals surface area (Å²) in [6, 6.07) is 12.3. The number of piperazine rings is 1. The van der Waals surface area contributed by atoms with Gasteiger partial charge in [-0.05, 0) is 74.0 Å². The molecule has 1 amide bonds. The van der Waals surface area contributed by atoms with E-state index in [-0.39, 0.29) is 11.4 Å². The molecule has 0 atom stereocenters. The van der Waals surface area contributed by atoms with Crippen LogP contribution in [0.5, 0.6) is 5.75 Å². The lowest BCUT2D eigenvalue weighted by molar-refractivity contribution is -0.384. The van der Waals surface area contributed by atoms with Crippen molar-refractivity contribution in [1.82, 2.24) is 19.4 Å². The number of nitro groups is 1. The number of aryl methyl sites for hydroxylation is 3. The second-order valence-electron chi connectivity index (χ2n) is 11.1. The maximum absolute atomic E-state index is 13.4. The highest BCUT2D eigenvalue weighted by Gasteiger charge is 2.29. The van der Waals surface area contributed by atoms with E-state index in [1.54, 1.807) is 16.8 Å². The van der Waals surface area contributed by atoms with Gasteiger partial charge in [-0.1, -0.05) is 30.1 Å². The Balaban J connectivity index is 1.33. The molecule has 12 nitrogen and oxygen atoms in total. The van der Waals surface area contributed by atoms with Gasteiger partial charge in [0.2, 0.25) is 0 Å². The smallest absolute Gasteiger partial charge is 0.293 e. The third kappa shape index (κ3) is 7.22. The van der Waals surface area contributed by atoms with Crippen molar-refractivity contribution in [2.24, 2.45) is 0 Å². The first-order chi connectivity index (χ1) is 21.9. The highest BCUT2D eigenvalue weighted by molar-refractivity contribution is 7.90. The number of aromatic nitrogens is 2. The van der Waals surface area contributed by atoms with Crippen LogP contribution in [0, 0.1) is 24.0 Å². The number of amides is 1. The van der Waals surface area contributed by atoms with E-state index in [9.17, 15) is 23.3 Å². The molecule has 4 aromatic rings. The monoisotopic (exact) mass is 688 g/mol. The lowest BCUT2D eigenvalue weighted by Gasteiger charge is -2.35. The summed E-state index contributed by atoms with van der Waals surface area (Å²) in [6.07, 6.45) is 0.531. The zero-order chi connectivity index (χ0) is 33.2. The van der Waals surface area contributed by atoms with Crippen molar-refractivity contribution in [3.63, 3.8) is 0 Å². The van der Waals surface area contributed by atoms with Crippen LogP contribution in [-0.2, 0) is 16.6 Å². The number of sulfonamides is 1. The number of carbonyl (C=O) groups is 1. The minimum atomic E-state index is -4.50. The van der Waals surface area contributed by atoms with Crippen LogP contribution in [0.1, 0.15) is 35.0 Å². The van der Waals surface area contributed by atoms with Crippen molar-refractivity contribution < 1.29 is 22.9 Å². The van der Waals surface area contributed by atoms with Gasteiger partial charge in [-0.3, -0.25) is 19.6 Å². The number of benzene rings is 3. The van der Waals surface area contributed by atoms with E-state index in [4.69, 9.17) is 27.9 Å². The van der Waals surface area contributed by atoms with Crippen molar-refractivity contribution in [2.45, 2.75) is 38.6 Å². The summed E-state index contributed by atoms with van der Waals surface area (Å²) in [5, 5.41) is 17.8. The topological polar surface area (TPSA) is 140 Å². The number of anilines is 1. The van der Waals surface area contributed by atoms with E-state index < -0.39 is 25.7 Å². The molecule has 1 aliphatic rings. The van der Waals surface area contributed by atoms with Gasteiger partial charge >= 0.3 is 0 Å². The number of ether oxygens (including phenoxy) is 1. The second-order valence-corrected chi connectivity index (χ2v) is 13.6. The maximum atomic E-state index is 13.4. The van der Waals surface area contributed by atoms with Gasteiger partial charge in [-0.2, -0.15) is 5.10 Å². The van der Waals surface area contributed by atoms with E-state index in [0.717, 1.165) is 36.8 Å². The third-order valence-electron chi connectivity index (χ3n) is 7.96. The summed E-state index contributed by atoms with van der Waals surface area (Å²) in [7, 11) is -4.50. The van der Waals surface area contributed by atoms with Crippen LogP contribution in [0.3, 0.4) is 0 Å².